The summed E-state index contributed by atoms with van der Waals surface area (Å²) in [6, 6.07) is 10.3. The minimum atomic E-state index is -0.415. The molecule has 1 aliphatic rings. The molecule has 25 heavy (non-hydrogen) atoms. The molecule has 0 fully saturated rings. The number of aromatic nitrogens is 1. The van der Waals surface area contributed by atoms with Crippen LogP contribution in [0.15, 0.2) is 42.6 Å². The van der Waals surface area contributed by atoms with Crippen LogP contribution in [0.4, 0.5) is 5.82 Å². The Kier molecular flexibility index (Phi) is 3.41. The van der Waals surface area contributed by atoms with Gasteiger partial charge in [-0.1, -0.05) is 29.5 Å². The second-order valence-corrected chi connectivity index (χ2v) is 5.98. The molecule has 4 rings (SSSR count). The summed E-state index contributed by atoms with van der Waals surface area (Å²) < 4.78 is 0. The quantitative estimate of drug-likeness (QED) is 0.483. The molecule has 6 heteroatoms. The topological polar surface area (TPSA) is 85.1 Å². The number of amides is 2. The van der Waals surface area contributed by atoms with Gasteiger partial charge in [-0.05, 0) is 30.3 Å². The Morgan fingerprint density at radius 3 is 2.64 bits per heavy atom. The van der Waals surface area contributed by atoms with Crippen LogP contribution in [0, 0.1) is 11.8 Å². The molecule has 120 valence electrons. The Morgan fingerprint density at radius 1 is 1.00 bits per heavy atom. The lowest BCUT2D eigenvalue weighted by molar-refractivity contribution is 0.0879. The van der Waals surface area contributed by atoms with Crippen molar-refractivity contribution in [1.82, 2.24) is 10.3 Å². The van der Waals surface area contributed by atoms with Crippen LogP contribution in [-0.2, 0) is 0 Å². The molecular formula is C19H10ClN3O2. The van der Waals surface area contributed by atoms with Crippen molar-refractivity contribution in [3.63, 3.8) is 0 Å². The summed E-state index contributed by atoms with van der Waals surface area (Å²) in [6.07, 6.45) is 1.66. The number of carbonyl (C=O) groups excluding carboxylic acids is 2. The van der Waals surface area contributed by atoms with E-state index < -0.39 is 11.8 Å². The molecule has 0 aliphatic carbocycles. The van der Waals surface area contributed by atoms with E-state index in [9.17, 15) is 9.59 Å². The van der Waals surface area contributed by atoms with Gasteiger partial charge >= 0.3 is 0 Å². The van der Waals surface area contributed by atoms with Crippen molar-refractivity contribution in [2.24, 2.45) is 0 Å². The molecule has 1 aliphatic heterocycles. The van der Waals surface area contributed by atoms with Gasteiger partial charge in [0.05, 0.1) is 16.7 Å². The number of imide groups is 1. The number of hydrogen-bond acceptors (Lipinski definition) is 4. The van der Waals surface area contributed by atoms with Gasteiger partial charge in [-0.25, -0.2) is 4.98 Å². The molecule has 2 aromatic carbocycles. The van der Waals surface area contributed by atoms with Crippen LogP contribution in [-0.4, -0.2) is 16.8 Å². The van der Waals surface area contributed by atoms with Crippen LogP contribution in [0.5, 0.6) is 0 Å². The second kappa shape index (κ2) is 5.62. The van der Waals surface area contributed by atoms with Crippen LogP contribution in [0.3, 0.4) is 0 Å². The van der Waals surface area contributed by atoms with Crippen LogP contribution in [0.25, 0.3) is 10.8 Å². The number of carbonyl (C=O) groups is 2. The molecule has 0 spiro atoms. The van der Waals surface area contributed by atoms with Crippen molar-refractivity contribution < 1.29 is 9.59 Å². The first-order valence-electron chi connectivity index (χ1n) is 7.38. The third-order valence-electron chi connectivity index (χ3n) is 3.95. The van der Waals surface area contributed by atoms with Crippen molar-refractivity contribution in [2.45, 2.75) is 0 Å². The molecule has 3 N–H and O–H groups in total. The van der Waals surface area contributed by atoms with Gasteiger partial charge in [0.2, 0.25) is 0 Å². The van der Waals surface area contributed by atoms with E-state index in [-0.39, 0.29) is 0 Å². The number of anilines is 1. The third-order valence-corrected chi connectivity index (χ3v) is 4.19. The predicted molar refractivity (Wildman–Crippen MR) is 95.4 cm³/mol. The maximum atomic E-state index is 11.7. The summed E-state index contributed by atoms with van der Waals surface area (Å²) in [5.41, 5.74) is 7.81. The predicted octanol–water partition coefficient (Wildman–Crippen LogP) is 2.75. The van der Waals surface area contributed by atoms with Gasteiger partial charge in [-0.3, -0.25) is 14.9 Å². The van der Waals surface area contributed by atoms with E-state index in [1.807, 2.05) is 6.07 Å². The fourth-order valence-corrected chi connectivity index (χ4v) is 2.88. The lowest BCUT2D eigenvalue weighted by Gasteiger charge is -2.04. The summed E-state index contributed by atoms with van der Waals surface area (Å²) in [4.78, 5) is 27.5. The average molecular weight is 348 g/mol. The lowest BCUT2D eigenvalue weighted by atomic mass is 10.0. The molecule has 0 saturated heterocycles. The molecule has 2 heterocycles. The van der Waals surface area contributed by atoms with Gasteiger partial charge in [-0.15, -0.1) is 0 Å². The highest BCUT2D eigenvalue weighted by molar-refractivity contribution is 6.31. The SMILES string of the molecule is Nc1ncc2ccc(Cl)cc2c1C#Cc1ccc2c(c1)C(=O)NC2=O. The van der Waals surface area contributed by atoms with Crippen LogP contribution in [0.2, 0.25) is 5.02 Å². The number of hydrogen-bond donors (Lipinski definition) is 2. The minimum Gasteiger partial charge on any atom is -0.383 e. The van der Waals surface area contributed by atoms with Crippen LogP contribution in [0.1, 0.15) is 31.8 Å². The lowest BCUT2D eigenvalue weighted by Crippen LogP contribution is -2.19. The number of benzene rings is 2. The Morgan fingerprint density at radius 2 is 1.80 bits per heavy atom. The van der Waals surface area contributed by atoms with Gasteiger partial charge in [0.25, 0.3) is 11.8 Å². The molecule has 0 saturated carbocycles. The summed E-state index contributed by atoms with van der Waals surface area (Å²) in [5, 5.41) is 4.51. The molecule has 2 amide bonds. The van der Waals surface area contributed by atoms with Gasteiger partial charge in [0.1, 0.15) is 5.82 Å². The Hall–Kier alpha value is -3.36. The Labute approximate surface area is 147 Å². The number of fused-ring (bicyclic) bond motifs is 2. The van der Waals surface area contributed by atoms with E-state index in [2.05, 4.69) is 22.1 Å². The average Bonchev–Trinajstić information content (AvgIpc) is 2.88. The summed E-state index contributed by atoms with van der Waals surface area (Å²) in [7, 11) is 0. The van der Waals surface area contributed by atoms with Crippen molar-refractivity contribution in [3.05, 3.63) is 69.9 Å². The fraction of sp³-hybridized carbons (Fsp3) is 0. The zero-order chi connectivity index (χ0) is 17.6. The van der Waals surface area contributed by atoms with E-state index in [1.54, 1.807) is 36.5 Å². The largest absolute Gasteiger partial charge is 0.383 e. The van der Waals surface area contributed by atoms with Crippen molar-refractivity contribution >= 4 is 40.0 Å². The molecule has 3 aromatic rings. The first-order chi connectivity index (χ1) is 12.0. The zero-order valence-electron chi connectivity index (χ0n) is 12.8. The second-order valence-electron chi connectivity index (χ2n) is 5.54. The molecule has 5 nitrogen and oxygen atoms in total. The van der Waals surface area contributed by atoms with Gasteiger partial charge < -0.3 is 5.73 Å². The van der Waals surface area contributed by atoms with Gasteiger partial charge in [0.15, 0.2) is 0 Å². The normalized spacial score (nSPS) is 12.5. The van der Waals surface area contributed by atoms with E-state index in [0.29, 0.717) is 33.1 Å². The maximum Gasteiger partial charge on any atom is 0.258 e. The Balaban J connectivity index is 1.83. The van der Waals surface area contributed by atoms with Crippen molar-refractivity contribution in [1.29, 1.82) is 0 Å². The fourth-order valence-electron chi connectivity index (χ4n) is 2.71. The number of halogens is 1. The third kappa shape index (κ3) is 2.59. The highest BCUT2D eigenvalue weighted by Gasteiger charge is 2.26. The first kappa shape index (κ1) is 15.2. The molecule has 0 atom stereocenters. The van der Waals surface area contributed by atoms with E-state index in [4.69, 9.17) is 17.3 Å². The summed E-state index contributed by atoms with van der Waals surface area (Å²) in [6.45, 7) is 0. The smallest absolute Gasteiger partial charge is 0.258 e. The van der Waals surface area contributed by atoms with E-state index in [0.717, 1.165) is 10.8 Å². The number of nitrogens with two attached hydrogens (primary N) is 1. The zero-order valence-corrected chi connectivity index (χ0v) is 13.5. The minimum absolute atomic E-state index is 0.302. The van der Waals surface area contributed by atoms with Gasteiger partial charge in [-0.2, -0.15) is 0 Å². The number of pyridine rings is 1. The first-order valence-corrected chi connectivity index (χ1v) is 7.76. The number of rotatable bonds is 0. The van der Waals surface area contributed by atoms with E-state index in [1.165, 1.54) is 0 Å². The highest BCUT2D eigenvalue weighted by Crippen LogP contribution is 2.25. The number of nitrogens with one attached hydrogen (secondary N) is 1. The van der Waals surface area contributed by atoms with E-state index >= 15 is 0 Å². The molecule has 0 bridgehead atoms. The number of nitrogen functional groups attached to an aromatic ring is 1. The van der Waals surface area contributed by atoms with Crippen molar-refractivity contribution in [2.75, 3.05) is 5.73 Å². The molecular weight excluding hydrogens is 338 g/mol. The monoisotopic (exact) mass is 347 g/mol. The molecule has 0 unspecified atom stereocenters. The van der Waals surface area contributed by atoms with Gasteiger partial charge in [0, 0.05) is 27.6 Å². The standard InChI is InChI=1S/C19H10ClN3O2/c20-12-4-3-11-9-22-17(21)13(15(11)8-12)5-1-10-2-6-14-16(7-10)19(25)23-18(14)24/h2-4,6-9H,(H2,21,22)(H,23,24,25). The van der Waals surface area contributed by atoms with Crippen LogP contribution < -0.4 is 11.1 Å². The molecule has 0 radical (unpaired) electrons. The van der Waals surface area contributed by atoms with Crippen LogP contribution >= 0.6 is 11.6 Å². The van der Waals surface area contributed by atoms with Crippen molar-refractivity contribution in [3.8, 4) is 11.8 Å². The maximum absolute atomic E-state index is 11.7. The number of nitrogens with zero attached hydrogens (tertiary/aromatic N) is 1. The Bertz CT molecular complexity index is 1140. The summed E-state index contributed by atoms with van der Waals surface area (Å²) >= 11 is 6.07. The molecule has 1 aromatic heterocycles. The highest BCUT2D eigenvalue weighted by atomic mass is 35.5. The summed E-state index contributed by atoms with van der Waals surface area (Å²) in [5.74, 6) is 5.47.